The molecule has 7 nitrogen and oxygen atoms in total. The third kappa shape index (κ3) is 5.95. The van der Waals surface area contributed by atoms with Crippen LogP contribution in [0.25, 0.3) is 6.08 Å². The van der Waals surface area contributed by atoms with E-state index >= 15 is 0 Å². The molecule has 2 heterocycles. The van der Waals surface area contributed by atoms with E-state index in [0.717, 1.165) is 22.0 Å². The molecule has 4 rings (SSSR count). The molecule has 0 fully saturated rings. The van der Waals surface area contributed by atoms with Crippen LogP contribution >= 0.6 is 27.3 Å². The second-order valence-corrected chi connectivity index (χ2v) is 11.6. The van der Waals surface area contributed by atoms with Crippen molar-refractivity contribution in [1.29, 1.82) is 0 Å². The topological polar surface area (TPSA) is 79.1 Å². The van der Waals surface area contributed by atoms with Gasteiger partial charge in [-0.05, 0) is 77.0 Å². The summed E-state index contributed by atoms with van der Waals surface area (Å²) in [5.41, 5.74) is 3.66. The normalized spacial score (nSPS) is 15.2. The van der Waals surface area contributed by atoms with Crippen molar-refractivity contribution in [3.8, 4) is 11.5 Å². The Bertz CT molecular complexity index is 1600. The molecule has 1 aliphatic rings. The minimum Gasteiger partial charge on any atom is -0.493 e. The number of fused-ring (bicyclic) bond motifs is 1. The van der Waals surface area contributed by atoms with E-state index in [1.807, 2.05) is 44.2 Å². The molecule has 212 valence electrons. The summed E-state index contributed by atoms with van der Waals surface area (Å²) in [6, 6.07) is 11.2. The molecule has 1 aromatic heterocycles. The third-order valence-corrected chi connectivity index (χ3v) is 8.22. The van der Waals surface area contributed by atoms with E-state index < -0.39 is 12.0 Å². The van der Waals surface area contributed by atoms with Gasteiger partial charge in [0.2, 0.25) is 0 Å². The number of halogens is 1. The fraction of sp³-hybridized carbons (Fsp3) is 0.387. The van der Waals surface area contributed by atoms with Gasteiger partial charge in [0.1, 0.15) is 0 Å². The van der Waals surface area contributed by atoms with Crippen LogP contribution in [0.1, 0.15) is 76.1 Å². The monoisotopic (exact) mass is 626 g/mol. The first kappa shape index (κ1) is 29.8. The van der Waals surface area contributed by atoms with Gasteiger partial charge in [0.05, 0.1) is 46.6 Å². The summed E-state index contributed by atoms with van der Waals surface area (Å²) in [4.78, 5) is 32.8. The number of hydrogen-bond acceptors (Lipinski definition) is 7. The quantitative estimate of drug-likeness (QED) is 0.263. The van der Waals surface area contributed by atoms with Gasteiger partial charge in [-0.2, -0.15) is 0 Å². The fourth-order valence-electron chi connectivity index (χ4n) is 4.76. The number of esters is 1. The second-order valence-electron chi connectivity index (χ2n) is 9.70. The van der Waals surface area contributed by atoms with E-state index in [9.17, 15) is 9.59 Å². The van der Waals surface area contributed by atoms with E-state index in [1.165, 1.54) is 16.9 Å². The third-order valence-electron chi connectivity index (χ3n) is 6.65. The van der Waals surface area contributed by atoms with Crippen LogP contribution in [0, 0.1) is 0 Å². The second kappa shape index (κ2) is 13.0. The molecule has 9 heteroatoms. The zero-order valence-corrected chi connectivity index (χ0v) is 26.1. The van der Waals surface area contributed by atoms with E-state index in [-0.39, 0.29) is 12.2 Å². The number of nitrogens with zero attached hydrogens (tertiary/aromatic N) is 2. The van der Waals surface area contributed by atoms with Crippen molar-refractivity contribution in [3.63, 3.8) is 0 Å². The standard InChI is InChI=1S/C31H35BrN2O5S/c1-7-10-23-26(30(36)39-9-3)27(21-13-11-20(12-14-21)18(4)5)34-29(35)25(40-31(34)33-23)17-19-15-22(32)28(38-8-2)24(16-19)37-6/h11-18,27H,7-10H2,1-6H3/b25-17-/t27-/m0/s1. The molecule has 0 N–H and O–H groups in total. The van der Waals surface area contributed by atoms with Crippen LogP contribution in [0.5, 0.6) is 11.5 Å². The van der Waals surface area contributed by atoms with E-state index in [1.54, 1.807) is 18.6 Å². The lowest BCUT2D eigenvalue weighted by Gasteiger charge is -2.26. The Hall–Kier alpha value is -3.17. The Labute approximate surface area is 246 Å². The summed E-state index contributed by atoms with van der Waals surface area (Å²) < 4.78 is 19.6. The summed E-state index contributed by atoms with van der Waals surface area (Å²) in [5, 5.41) is 0. The predicted octanol–water partition coefficient (Wildman–Crippen LogP) is 5.87. The molecule has 0 unspecified atom stereocenters. The van der Waals surface area contributed by atoms with Crippen LogP contribution in [0.3, 0.4) is 0 Å². The zero-order valence-electron chi connectivity index (χ0n) is 23.7. The number of allylic oxidation sites excluding steroid dienone is 1. The van der Waals surface area contributed by atoms with Gasteiger partial charge in [-0.25, -0.2) is 9.79 Å². The van der Waals surface area contributed by atoms with Gasteiger partial charge < -0.3 is 14.2 Å². The number of thiazole rings is 1. The first-order valence-corrected chi connectivity index (χ1v) is 15.2. The fourth-order valence-corrected chi connectivity index (χ4v) is 6.35. The van der Waals surface area contributed by atoms with E-state index in [4.69, 9.17) is 19.2 Å². The van der Waals surface area contributed by atoms with Gasteiger partial charge in [-0.15, -0.1) is 0 Å². The zero-order chi connectivity index (χ0) is 29.0. The number of carbonyl (C=O) groups excluding carboxylic acids is 1. The van der Waals surface area contributed by atoms with Crippen molar-refractivity contribution in [1.82, 2.24) is 4.57 Å². The Kier molecular flexibility index (Phi) is 9.68. The largest absolute Gasteiger partial charge is 0.493 e. The molecule has 0 aliphatic carbocycles. The number of carbonyl (C=O) groups is 1. The maximum atomic E-state index is 14.0. The molecule has 0 spiro atoms. The highest BCUT2D eigenvalue weighted by molar-refractivity contribution is 9.10. The van der Waals surface area contributed by atoms with Crippen LogP contribution < -0.4 is 24.4 Å². The van der Waals surface area contributed by atoms with Crippen LogP contribution in [0.4, 0.5) is 0 Å². The van der Waals surface area contributed by atoms with Crippen LogP contribution in [0.15, 0.2) is 61.9 Å². The van der Waals surface area contributed by atoms with Gasteiger partial charge in [-0.3, -0.25) is 9.36 Å². The Morgan fingerprint density at radius 1 is 1.15 bits per heavy atom. The average Bonchev–Trinajstić information content (AvgIpc) is 3.23. The van der Waals surface area contributed by atoms with Gasteiger partial charge in [0, 0.05) is 0 Å². The number of rotatable bonds is 10. The van der Waals surface area contributed by atoms with Crippen LogP contribution in [0.2, 0.25) is 0 Å². The molecule has 0 bridgehead atoms. The van der Waals surface area contributed by atoms with Crippen molar-refractivity contribution in [2.45, 2.75) is 59.4 Å². The first-order chi connectivity index (χ1) is 19.2. The number of aromatic nitrogens is 1. The molecule has 0 saturated heterocycles. The number of benzene rings is 2. The van der Waals surface area contributed by atoms with Crippen molar-refractivity contribution in [3.05, 3.63) is 88.5 Å². The number of ether oxygens (including phenoxy) is 3. The summed E-state index contributed by atoms with van der Waals surface area (Å²) >= 11 is 4.88. The Balaban J connectivity index is 1.96. The minimum atomic E-state index is -0.637. The maximum absolute atomic E-state index is 14.0. The first-order valence-electron chi connectivity index (χ1n) is 13.6. The molecule has 0 saturated carbocycles. The van der Waals surface area contributed by atoms with Crippen molar-refractivity contribution < 1.29 is 19.0 Å². The molecular formula is C31H35BrN2O5S. The SMILES string of the molecule is CCCC1=C(C(=O)OCC)[C@H](c2ccc(C(C)C)cc2)n2c(s/c(=C\c3cc(Br)c(OCC)c(OC)c3)c2=O)=N1. The number of hydrogen-bond donors (Lipinski definition) is 0. The smallest absolute Gasteiger partial charge is 0.338 e. The average molecular weight is 628 g/mol. The summed E-state index contributed by atoms with van der Waals surface area (Å²) in [6.45, 7) is 10.7. The molecule has 40 heavy (non-hydrogen) atoms. The molecule has 0 amide bonds. The Morgan fingerprint density at radius 2 is 1.88 bits per heavy atom. The van der Waals surface area contributed by atoms with Gasteiger partial charge in [0.25, 0.3) is 5.56 Å². The van der Waals surface area contributed by atoms with E-state index in [0.29, 0.717) is 51.0 Å². The molecule has 1 atom stereocenters. The summed E-state index contributed by atoms with van der Waals surface area (Å²) in [5.74, 6) is 1.09. The van der Waals surface area contributed by atoms with Gasteiger partial charge >= 0.3 is 5.97 Å². The molecule has 3 aromatic rings. The lowest BCUT2D eigenvalue weighted by atomic mass is 9.92. The highest BCUT2D eigenvalue weighted by Gasteiger charge is 2.34. The van der Waals surface area contributed by atoms with Gasteiger partial charge in [-0.1, -0.05) is 62.8 Å². The maximum Gasteiger partial charge on any atom is 0.338 e. The van der Waals surface area contributed by atoms with Crippen molar-refractivity contribution >= 4 is 39.3 Å². The molecule has 2 aromatic carbocycles. The summed E-state index contributed by atoms with van der Waals surface area (Å²) in [6.07, 6.45) is 3.22. The molecule has 0 radical (unpaired) electrons. The highest BCUT2D eigenvalue weighted by Crippen LogP contribution is 2.37. The van der Waals surface area contributed by atoms with E-state index in [2.05, 4.69) is 41.9 Å². The number of methoxy groups -OCH3 is 1. The Morgan fingerprint density at radius 3 is 2.48 bits per heavy atom. The lowest BCUT2D eigenvalue weighted by molar-refractivity contribution is -0.139. The molecule has 1 aliphatic heterocycles. The predicted molar refractivity (Wildman–Crippen MR) is 162 cm³/mol. The molecular weight excluding hydrogens is 592 g/mol. The van der Waals surface area contributed by atoms with Gasteiger partial charge in [0.15, 0.2) is 16.3 Å². The highest BCUT2D eigenvalue weighted by atomic mass is 79.9. The van der Waals surface area contributed by atoms with Crippen LogP contribution in [-0.4, -0.2) is 30.9 Å². The lowest BCUT2D eigenvalue weighted by Crippen LogP contribution is -2.40. The summed E-state index contributed by atoms with van der Waals surface area (Å²) in [7, 11) is 1.58. The minimum absolute atomic E-state index is 0.219. The van der Waals surface area contributed by atoms with Crippen LogP contribution in [-0.2, 0) is 9.53 Å². The van der Waals surface area contributed by atoms with Crippen molar-refractivity contribution in [2.75, 3.05) is 20.3 Å². The van der Waals surface area contributed by atoms with Crippen molar-refractivity contribution in [2.24, 2.45) is 4.99 Å².